The first-order valence-electron chi connectivity index (χ1n) is 7.71. The summed E-state index contributed by atoms with van der Waals surface area (Å²) in [5.41, 5.74) is 2.53. The molecule has 0 bridgehead atoms. The monoisotopic (exact) mass is 341 g/mol. The number of benzene rings is 1. The Bertz CT molecular complexity index is 1040. The third kappa shape index (κ3) is 2.39. The lowest BCUT2D eigenvalue weighted by Crippen LogP contribution is -2.18. The van der Waals surface area contributed by atoms with Crippen LogP contribution in [0.1, 0.15) is 33.4 Å². The number of carbonyl (C=O) groups excluding carboxylic acids is 1. The van der Waals surface area contributed by atoms with Gasteiger partial charge in [0.05, 0.1) is 41.0 Å². The van der Waals surface area contributed by atoms with Crippen molar-refractivity contribution in [2.75, 3.05) is 0 Å². The highest BCUT2D eigenvalue weighted by Gasteiger charge is 2.42. The van der Waals surface area contributed by atoms with Crippen LogP contribution >= 0.6 is 0 Å². The Labute approximate surface area is 141 Å². The van der Waals surface area contributed by atoms with E-state index in [4.69, 9.17) is 0 Å². The van der Waals surface area contributed by atoms with E-state index in [-0.39, 0.29) is 17.1 Å². The van der Waals surface area contributed by atoms with Gasteiger partial charge in [0.1, 0.15) is 12.4 Å². The first kappa shape index (κ1) is 15.4. The Morgan fingerprint density at radius 3 is 3.00 bits per heavy atom. The second kappa shape index (κ2) is 5.21. The Morgan fingerprint density at radius 1 is 1.48 bits per heavy atom. The molecule has 1 aliphatic rings. The minimum atomic E-state index is -2.92. The zero-order valence-electron chi connectivity index (χ0n) is 13.3. The molecule has 25 heavy (non-hydrogen) atoms. The molecule has 0 radical (unpaired) electrons. The van der Waals surface area contributed by atoms with Gasteiger partial charge in [0.2, 0.25) is 0 Å². The molecule has 0 aliphatic carbocycles. The van der Waals surface area contributed by atoms with Gasteiger partial charge in [0, 0.05) is 0 Å². The van der Waals surface area contributed by atoms with Crippen molar-refractivity contribution >= 4 is 16.8 Å². The number of alkyl halides is 2. The third-order valence-electron chi connectivity index (χ3n) is 4.42. The number of nitrogens with zero attached hydrogens (tertiary/aromatic N) is 4. The van der Waals surface area contributed by atoms with Gasteiger partial charge in [0.15, 0.2) is 11.7 Å². The Kier molecular flexibility index (Phi) is 3.22. The van der Waals surface area contributed by atoms with Crippen molar-refractivity contribution in [2.24, 2.45) is 0 Å². The second-order valence-electron chi connectivity index (χ2n) is 6.21. The number of rotatable bonds is 3. The number of nitriles is 1. The molecule has 1 N–H and O–H groups in total. The number of carbonyl (C=O) groups is 1. The van der Waals surface area contributed by atoms with E-state index in [1.54, 1.807) is 6.07 Å². The maximum absolute atomic E-state index is 13.5. The van der Waals surface area contributed by atoms with E-state index in [1.807, 2.05) is 25.1 Å². The molecule has 1 aliphatic heterocycles. The highest BCUT2D eigenvalue weighted by Crippen LogP contribution is 2.33. The number of hydrogen-bond donors (Lipinski definition) is 1. The Morgan fingerprint density at radius 2 is 2.28 bits per heavy atom. The van der Waals surface area contributed by atoms with Gasteiger partial charge in [-0.25, -0.2) is 13.8 Å². The summed E-state index contributed by atoms with van der Waals surface area (Å²) in [4.78, 5) is 20.1. The standard InChI is InChI=1S/C17H13F2N5O/c1-9-3-2-4-12-14(9)23-16(22-12)10(6-20)15(25)11-7-21-24-8-17(18,19)5-13(11)24/h2-4,7,10H,5,8H2,1H3,(H,22,23). The first-order valence-corrected chi connectivity index (χ1v) is 7.71. The molecule has 0 saturated heterocycles. The molecule has 0 amide bonds. The van der Waals surface area contributed by atoms with Crippen molar-refractivity contribution in [3.63, 3.8) is 0 Å². The number of nitrogens with one attached hydrogen (secondary N) is 1. The maximum Gasteiger partial charge on any atom is 0.272 e. The number of aryl methyl sites for hydroxylation is 1. The number of imidazole rings is 1. The number of para-hydroxylation sites is 1. The van der Waals surface area contributed by atoms with Crippen LogP contribution in [0.2, 0.25) is 0 Å². The summed E-state index contributed by atoms with van der Waals surface area (Å²) in [5.74, 6) is -4.48. The van der Waals surface area contributed by atoms with E-state index in [9.17, 15) is 18.8 Å². The van der Waals surface area contributed by atoms with E-state index in [0.29, 0.717) is 5.52 Å². The number of ketones is 1. The summed E-state index contributed by atoms with van der Waals surface area (Å²) in [5, 5.41) is 13.3. The molecule has 0 fully saturated rings. The van der Waals surface area contributed by atoms with E-state index in [0.717, 1.165) is 15.8 Å². The number of aromatic nitrogens is 4. The fraction of sp³-hybridized carbons (Fsp3) is 0.294. The second-order valence-corrected chi connectivity index (χ2v) is 6.21. The smallest absolute Gasteiger partial charge is 0.272 e. The van der Waals surface area contributed by atoms with Crippen LogP contribution < -0.4 is 0 Å². The highest BCUT2D eigenvalue weighted by atomic mass is 19.3. The minimum absolute atomic E-state index is 0.0564. The van der Waals surface area contributed by atoms with Crippen molar-refractivity contribution in [3.8, 4) is 6.07 Å². The molecule has 3 aromatic rings. The van der Waals surface area contributed by atoms with Gasteiger partial charge in [-0.05, 0) is 18.6 Å². The molecular formula is C17H13F2N5O. The largest absolute Gasteiger partial charge is 0.340 e. The van der Waals surface area contributed by atoms with Crippen LogP contribution in [0.15, 0.2) is 24.4 Å². The van der Waals surface area contributed by atoms with Crippen molar-refractivity contribution < 1.29 is 13.6 Å². The van der Waals surface area contributed by atoms with Crippen molar-refractivity contribution in [3.05, 3.63) is 47.0 Å². The van der Waals surface area contributed by atoms with E-state index in [1.165, 1.54) is 6.20 Å². The molecule has 2 aromatic heterocycles. The molecule has 6 nitrogen and oxygen atoms in total. The fourth-order valence-corrected chi connectivity index (χ4v) is 3.19. The van der Waals surface area contributed by atoms with Crippen molar-refractivity contribution in [1.82, 2.24) is 19.7 Å². The minimum Gasteiger partial charge on any atom is -0.340 e. The zero-order chi connectivity index (χ0) is 17.8. The number of aromatic amines is 1. The number of hydrogen-bond acceptors (Lipinski definition) is 4. The summed E-state index contributed by atoms with van der Waals surface area (Å²) in [6.45, 7) is 1.33. The summed E-state index contributed by atoms with van der Waals surface area (Å²) in [7, 11) is 0. The molecule has 8 heteroatoms. The molecule has 126 valence electrons. The number of fused-ring (bicyclic) bond motifs is 2. The van der Waals surface area contributed by atoms with Crippen molar-refractivity contribution in [1.29, 1.82) is 5.26 Å². The topological polar surface area (TPSA) is 87.4 Å². The summed E-state index contributed by atoms with van der Waals surface area (Å²) in [6, 6.07) is 7.45. The zero-order valence-corrected chi connectivity index (χ0v) is 13.3. The van der Waals surface area contributed by atoms with Crippen molar-refractivity contribution in [2.45, 2.75) is 31.7 Å². The first-order chi connectivity index (χ1) is 11.9. The van der Waals surface area contributed by atoms with Gasteiger partial charge in [-0.15, -0.1) is 0 Å². The molecule has 1 unspecified atom stereocenters. The molecule has 1 atom stereocenters. The highest BCUT2D eigenvalue weighted by molar-refractivity contribution is 6.03. The average molecular weight is 341 g/mol. The van der Waals surface area contributed by atoms with Gasteiger partial charge < -0.3 is 4.98 Å². The SMILES string of the molecule is Cc1cccc2[nH]c(C(C#N)C(=O)c3cnn4c3CC(F)(F)C4)nc12. The predicted molar refractivity (Wildman–Crippen MR) is 84.4 cm³/mol. The summed E-state index contributed by atoms with van der Waals surface area (Å²) in [6.07, 6.45) is 0.705. The lowest BCUT2D eigenvalue weighted by Gasteiger charge is -2.06. The number of H-pyrrole nitrogens is 1. The van der Waals surface area contributed by atoms with E-state index in [2.05, 4.69) is 15.1 Å². The predicted octanol–water partition coefficient (Wildman–Crippen LogP) is 2.75. The van der Waals surface area contributed by atoms with Crippen LogP contribution in [-0.4, -0.2) is 31.5 Å². The van der Waals surface area contributed by atoms with Crippen LogP contribution in [0.25, 0.3) is 11.0 Å². The number of halogens is 2. The molecule has 0 spiro atoms. The van der Waals surface area contributed by atoms with Gasteiger partial charge in [-0.1, -0.05) is 12.1 Å². The van der Waals surface area contributed by atoms with E-state index >= 15 is 0 Å². The lowest BCUT2D eigenvalue weighted by molar-refractivity contribution is 0.000937. The van der Waals surface area contributed by atoms with Gasteiger partial charge in [-0.3, -0.25) is 9.48 Å². The molecular weight excluding hydrogens is 328 g/mol. The van der Waals surface area contributed by atoms with Gasteiger partial charge >= 0.3 is 0 Å². The van der Waals surface area contributed by atoms with E-state index < -0.39 is 30.6 Å². The third-order valence-corrected chi connectivity index (χ3v) is 4.42. The van der Waals surface area contributed by atoms with Crippen LogP contribution in [0.5, 0.6) is 0 Å². The Hall–Kier alpha value is -3.08. The lowest BCUT2D eigenvalue weighted by atomic mass is 9.97. The molecule has 0 saturated carbocycles. The number of Topliss-reactive ketones (excluding diaryl/α,β-unsaturated/α-hetero) is 1. The maximum atomic E-state index is 13.5. The van der Waals surface area contributed by atoms with Crippen LogP contribution in [0, 0.1) is 18.3 Å². The van der Waals surface area contributed by atoms with Gasteiger partial charge in [-0.2, -0.15) is 10.4 Å². The van der Waals surface area contributed by atoms with Crippen LogP contribution in [0.3, 0.4) is 0 Å². The summed E-state index contributed by atoms with van der Waals surface area (Å²) >= 11 is 0. The van der Waals surface area contributed by atoms with Gasteiger partial charge in [0.25, 0.3) is 5.92 Å². The molecule has 4 rings (SSSR count). The van der Waals surface area contributed by atoms with Crippen LogP contribution in [0.4, 0.5) is 8.78 Å². The molecule has 1 aromatic carbocycles. The average Bonchev–Trinajstić information content (AvgIpc) is 3.20. The normalized spacial score (nSPS) is 16.6. The Balaban J connectivity index is 1.74. The summed E-state index contributed by atoms with van der Waals surface area (Å²) < 4.78 is 28.2. The molecule has 3 heterocycles. The fourth-order valence-electron chi connectivity index (χ4n) is 3.19. The van der Waals surface area contributed by atoms with Crippen LogP contribution in [-0.2, 0) is 13.0 Å². The quantitative estimate of drug-likeness (QED) is 0.742.